The topological polar surface area (TPSA) is 21.3 Å². The van der Waals surface area contributed by atoms with Crippen molar-refractivity contribution >= 4 is 48.9 Å². The lowest BCUT2D eigenvalue weighted by Crippen LogP contribution is -2.01. The molecule has 0 fully saturated rings. The van der Waals surface area contributed by atoms with Crippen LogP contribution in [0.3, 0.4) is 0 Å². The van der Waals surface area contributed by atoms with Gasteiger partial charge in [0.1, 0.15) is 5.75 Å². The van der Waals surface area contributed by atoms with Crippen molar-refractivity contribution in [1.82, 2.24) is 0 Å². The molecule has 0 saturated carbocycles. The van der Waals surface area contributed by atoms with Crippen LogP contribution in [0.5, 0.6) is 5.75 Å². The molecule has 0 aliphatic heterocycles. The van der Waals surface area contributed by atoms with Crippen molar-refractivity contribution in [2.45, 2.75) is 13.5 Å². The molecule has 0 amide bonds. The summed E-state index contributed by atoms with van der Waals surface area (Å²) >= 11 is 8.71. The van der Waals surface area contributed by atoms with Crippen LogP contribution in [-0.4, -0.2) is 6.61 Å². The lowest BCUT2D eigenvalue weighted by atomic mass is 10.3. The van der Waals surface area contributed by atoms with Crippen LogP contribution in [0.2, 0.25) is 0 Å². The number of hydrogen-bond acceptors (Lipinski definition) is 3. The Balaban J connectivity index is 2.05. The van der Waals surface area contributed by atoms with Crippen LogP contribution in [0.1, 0.15) is 11.8 Å². The molecule has 2 rings (SSSR count). The van der Waals surface area contributed by atoms with Gasteiger partial charge >= 0.3 is 0 Å². The standard InChI is InChI=1S/C13H13Br2NOS/c1-2-17-12-6-4-3-5-11(12)16-8-9-7-10(14)13(15)18-9/h3-7,16H,2,8H2,1H3. The van der Waals surface area contributed by atoms with E-state index in [-0.39, 0.29) is 0 Å². The van der Waals surface area contributed by atoms with Gasteiger partial charge in [-0.25, -0.2) is 0 Å². The molecule has 18 heavy (non-hydrogen) atoms. The van der Waals surface area contributed by atoms with E-state index in [4.69, 9.17) is 4.74 Å². The van der Waals surface area contributed by atoms with E-state index in [2.05, 4.69) is 43.2 Å². The zero-order valence-electron chi connectivity index (χ0n) is 9.87. The van der Waals surface area contributed by atoms with Gasteiger partial charge in [-0.3, -0.25) is 0 Å². The van der Waals surface area contributed by atoms with Gasteiger partial charge in [0, 0.05) is 15.9 Å². The largest absolute Gasteiger partial charge is 0.492 e. The molecule has 5 heteroatoms. The van der Waals surface area contributed by atoms with E-state index < -0.39 is 0 Å². The molecular weight excluding hydrogens is 378 g/mol. The fourth-order valence-corrected chi connectivity index (χ4v) is 3.67. The summed E-state index contributed by atoms with van der Waals surface area (Å²) in [6.45, 7) is 3.46. The highest BCUT2D eigenvalue weighted by Gasteiger charge is 2.06. The minimum Gasteiger partial charge on any atom is -0.492 e. The summed E-state index contributed by atoms with van der Waals surface area (Å²) in [5.41, 5.74) is 1.03. The second-order valence-corrected chi connectivity index (χ2v) is 6.93. The van der Waals surface area contributed by atoms with Crippen molar-refractivity contribution in [3.8, 4) is 5.75 Å². The van der Waals surface area contributed by atoms with Crippen LogP contribution >= 0.6 is 43.2 Å². The van der Waals surface area contributed by atoms with Crippen molar-refractivity contribution in [2.75, 3.05) is 11.9 Å². The molecule has 0 bridgehead atoms. The second kappa shape index (κ2) is 6.59. The monoisotopic (exact) mass is 389 g/mol. The van der Waals surface area contributed by atoms with Crippen LogP contribution in [0, 0.1) is 0 Å². The Kier molecular flexibility index (Phi) is 5.09. The Bertz CT molecular complexity index is 508. The Morgan fingerprint density at radius 3 is 2.72 bits per heavy atom. The number of nitrogens with one attached hydrogen (secondary N) is 1. The number of thiophene rings is 1. The fourth-order valence-electron chi connectivity index (χ4n) is 1.55. The van der Waals surface area contributed by atoms with Crippen LogP contribution in [-0.2, 0) is 6.54 Å². The maximum Gasteiger partial charge on any atom is 0.142 e. The summed E-state index contributed by atoms with van der Waals surface area (Å²) in [6, 6.07) is 10.1. The zero-order valence-corrected chi connectivity index (χ0v) is 13.9. The van der Waals surface area contributed by atoms with Gasteiger partial charge in [0.25, 0.3) is 0 Å². The fraction of sp³-hybridized carbons (Fsp3) is 0.231. The number of benzene rings is 1. The maximum atomic E-state index is 5.58. The molecule has 0 unspecified atom stereocenters. The zero-order chi connectivity index (χ0) is 13.0. The number of halogens is 2. The van der Waals surface area contributed by atoms with Gasteiger partial charge in [-0.1, -0.05) is 12.1 Å². The molecule has 1 aromatic heterocycles. The van der Waals surface area contributed by atoms with E-state index in [1.165, 1.54) is 4.88 Å². The minimum absolute atomic E-state index is 0.675. The first kappa shape index (κ1) is 13.9. The average Bonchev–Trinajstić information content (AvgIpc) is 2.68. The minimum atomic E-state index is 0.675. The first-order chi connectivity index (χ1) is 8.70. The molecule has 96 valence electrons. The summed E-state index contributed by atoms with van der Waals surface area (Å²) in [5, 5.41) is 3.40. The molecule has 2 nitrogen and oxygen atoms in total. The van der Waals surface area contributed by atoms with E-state index in [0.717, 1.165) is 26.2 Å². The Morgan fingerprint density at radius 1 is 1.28 bits per heavy atom. The summed E-state index contributed by atoms with van der Waals surface area (Å²) in [5.74, 6) is 0.898. The van der Waals surface area contributed by atoms with Gasteiger partial charge in [-0.05, 0) is 57.0 Å². The van der Waals surface area contributed by atoms with E-state index in [1.807, 2.05) is 31.2 Å². The van der Waals surface area contributed by atoms with E-state index in [1.54, 1.807) is 11.3 Å². The molecule has 0 aliphatic rings. The highest BCUT2D eigenvalue weighted by Crippen LogP contribution is 2.33. The molecule has 0 saturated heterocycles. The highest BCUT2D eigenvalue weighted by atomic mass is 79.9. The van der Waals surface area contributed by atoms with Gasteiger partial charge in [0.05, 0.1) is 16.1 Å². The normalized spacial score (nSPS) is 10.4. The van der Waals surface area contributed by atoms with Crippen molar-refractivity contribution in [1.29, 1.82) is 0 Å². The lowest BCUT2D eigenvalue weighted by molar-refractivity contribution is 0.341. The molecule has 1 N–H and O–H groups in total. The first-order valence-corrected chi connectivity index (χ1v) is 8.00. The molecule has 2 aromatic rings. The van der Waals surface area contributed by atoms with Crippen molar-refractivity contribution < 1.29 is 4.74 Å². The summed E-state index contributed by atoms with van der Waals surface area (Å²) in [7, 11) is 0. The molecule has 1 aromatic carbocycles. The summed E-state index contributed by atoms with van der Waals surface area (Å²) < 4.78 is 7.80. The lowest BCUT2D eigenvalue weighted by Gasteiger charge is -2.11. The van der Waals surface area contributed by atoms with Gasteiger partial charge < -0.3 is 10.1 Å². The first-order valence-electron chi connectivity index (χ1n) is 5.60. The highest BCUT2D eigenvalue weighted by molar-refractivity contribution is 9.13. The third-order valence-electron chi connectivity index (χ3n) is 2.34. The maximum absolute atomic E-state index is 5.58. The van der Waals surface area contributed by atoms with Gasteiger partial charge in [0.15, 0.2) is 0 Å². The van der Waals surface area contributed by atoms with Gasteiger partial charge in [-0.2, -0.15) is 0 Å². The number of rotatable bonds is 5. The van der Waals surface area contributed by atoms with E-state index in [0.29, 0.717) is 6.61 Å². The van der Waals surface area contributed by atoms with Crippen LogP contribution < -0.4 is 10.1 Å². The van der Waals surface area contributed by atoms with Crippen molar-refractivity contribution in [3.05, 3.63) is 43.5 Å². The summed E-state index contributed by atoms with van der Waals surface area (Å²) in [4.78, 5) is 1.26. The Morgan fingerprint density at radius 2 is 2.06 bits per heavy atom. The Labute approximate surface area is 128 Å². The van der Waals surface area contributed by atoms with Gasteiger partial charge in [0.2, 0.25) is 0 Å². The molecule has 0 spiro atoms. The third-order valence-corrected chi connectivity index (χ3v) is 5.59. The smallest absolute Gasteiger partial charge is 0.142 e. The van der Waals surface area contributed by atoms with E-state index >= 15 is 0 Å². The van der Waals surface area contributed by atoms with Crippen molar-refractivity contribution in [3.63, 3.8) is 0 Å². The van der Waals surface area contributed by atoms with Crippen LogP contribution in [0.15, 0.2) is 38.6 Å². The van der Waals surface area contributed by atoms with Crippen LogP contribution in [0.4, 0.5) is 5.69 Å². The second-order valence-electron chi connectivity index (χ2n) is 3.62. The quantitative estimate of drug-likeness (QED) is 0.749. The number of hydrogen-bond donors (Lipinski definition) is 1. The number of ether oxygens (including phenoxy) is 1. The number of para-hydroxylation sites is 2. The van der Waals surface area contributed by atoms with Crippen molar-refractivity contribution in [2.24, 2.45) is 0 Å². The SMILES string of the molecule is CCOc1ccccc1NCc1cc(Br)c(Br)s1. The predicted molar refractivity (Wildman–Crippen MR) is 84.7 cm³/mol. The molecule has 0 radical (unpaired) electrons. The number of anilines is 1. The molecular formula is C13H13Br2NOS. The third kappa shape index (κ3) is 3.49. The van der Waals surface area contributed by atoms with Crippen LogP contribution in [0.25, 0.3) is 0 Å². The average molecular weight is 391 g/mol. The Hall–Kier alpha value is -0.520. The van der Waals surface area contributed by atoms with Gasteiger partial charge in [-0.15, -0.1) is 11.3 Å². The molecule has 0 atom stereocenters. The predicted octanol–water partition coefficient (Wildman–Crippen LogP) is 5.28. The molecule has 0 aliphatic carbocycles. The van der Waals surface area contributed by atoms with E-state index in [9.17, 15) is 0 Å². The molecule has 1 heterocycles. The summed E-state index contributed by atoms with van der Waals surface area (Å²) in [6.07, 6.45) is 0.